The van der Waals surface area contributed by atoms with Gasteiger partial charge in [-0.05, 0) is 33.8 Å². The van der Waals surface area contributed by atoms with E-state index in [1.807, 2.05) is 0 Å². The zero-order valence-electron chi connectivity index (χ0n) is 14.3. The maximum absolute atomic E-state index is 11.5. The predicted molar refractivity (Wildman–Crippen MR) is 89.3 cm³/mol. The summed E-state index contributed by atoms with van der Waals surface area (Å²) in [4.78, 5) is 15.4. The van der Waals surface area contributed by atoms with Gasteiger partial charge in [-0.2, -0.15) is 0 Å². The van der Waals surface area contributed by atoms with E-state index in [-0.39, 0.29) is 0 Å². The molecule has 0 saturated carbocycles. The van der Waals surface area contributed by atoms with Crippen molar-refractivity contribution in [3.8, 4) is 0 Å². The Hall–Kier alpha value is -0.693. The molecule has 1 aromatic heterocycles. The van der Waals surface area contributed by atoms with Gasteiger partial charge >= 0.3 is 48.7 Å². The number of amides is 1. The Kier molecular flexibility index (Phi) is 7.81. The summed E-state index contributed by atoms with van der Waals surface area (Å²) in [6.45, 7) is 13.8. The van der Waals surface area contributed by atoms with Gasteiger partial charge in [0.15, 0.2) is 0 Å². The Morgan fingerprint density at radius 3 is 2.19 bits per heavy atom. The van der Waals surface area contributed by atoms with Crippen LogP contribution in [0.1, 0.15) is 47.1 Å². The van der Waals surface area contributed by atoms with Gasteiger partial charge in [0.05, 0.1) is 5.69 Å². The first-order valence-corrected chi connectivity index (χ1v) is 7.28. The number of rotatable bonds is 1. The molecule has 0 aliphatic heterocycles. The van der Waals surface area contributed by atoms with Crippen LogP contribution in [0.4, 0.5) is 10.5 Å². The van der Waals surface area contributed by atoms with Crippen molar-refractivity contribution < 1.29 is 9.53 Å². The second-order valence-electron chi connectivity index (χ2n) is 7.40. The standard InChI is InChI=1S/C11H15ClN2O2.C4H9.Li/c1-7-8(5-6-13-9(7)12)14-10(15)16-11(2,3)4;1-4(2)3;/h5-6H,1-4H3,(H,13,14,15);1-3H3;. The SMILES string of the molecule is Cc1c(NC(=O)OC(C)(C)C)ccnc1Cl.[Li][C](C)(C)C. The van der Waals surface area contributed by atoms with Crippen LogP contribution in [0.5, 0.6) is 0 Å². The number of aromatic nitrogens is 1. The molecule has 4 nitrogen and oxygen atoms in total. The normalized spacial score (nSPS) is 11.3. The molecule has 0 bridgehead atoms. The first kappa shape index (κ1) is 20.3. The van der Waals surface area contributed by atoms with Gasteiger partial charge in [-0.15, -0.1) is 0 Å². The molecule has 6 heteroatoms. The minimum atomic E-state index is -0.519. The molecular weight excluding hydrogens is 283 g/mol. The third-order valence-electron chi connectivity index (χ3n) is 1.78. The zero-order chi connectivity index (χ0) is 16.8. The molecule has 1 amide bonds. The molecule has 0 aromatic carbocycles. The summed E-state index contributed by atoms with van der Waals surface area (Å²) in [5.74, 6) is 0. The second-order valence-corrected chi connectivity index (χ2v) is 7.76. The third-order valence-corrected chi connectivity index (χ3v) is 2.16. The van der Waals surface area contributed by atoms with Crippen LogP contribution in [0.15, 0.2) is 12.3 Å². The van der Waals surface area contributed by atoms with Crippen LogP contribution in [0.3, 0.4) is 0 Å². The number of halogens is 1. The van der Waals surface area contributed by atoms with E-state index >= 15 is 0 Å². The minimum absolute atomic E-state index is 0.369. The van der Waals surface area contributed by atoms with Crippen LogP contribution in [0.2, 0.25) is 9.24 Å². The summed E-state index contributed by atoms with van der Waals surface area (Å²) in [6, 6.07) is 1.67. The Morgan fingerprint density at radius 1 is 1.29 bits per heavy atom. The van der Waals surface area contributed by atoms with Gasteiger partial charge in [0.2, 0.25) is 0 Å². The molecular formula is C15H24ClLiN2O2. The monoisotopic (exact) mass is 306 g/mol. The van der Waals surface area contributed by atoms with Crippen LogP contribution in [-0.2, 0) is 4.74 Å². The molecule has 0 fully saturated rings. The Bertz CT molecular complexity index is 474. The Labute approximate surface area is 142 Å². The molecule has 1 aromatic rings. The molecule has 1 heterocycles. The van der Waals surface area contributed by atoms with Crippen LogP contribution < -0.4 is 5.32 Å². The number of carbonyl (C=O) groups is 1. The van der Waals surface area contributed by atoms with Crippen molar-refractivity contribution in [2.24, 2.45) is 0 Å². The first-order chi connectivity index (χ1) is 9.29. The van der Waals surface area contributed by atoms with Gasteiger partial charge in [0.25, 0.3) is 0 Å². The van der Waals surface area contributed by atoms with Crippen LogP contribution in [-0.4, -0.2) is 34.4 Å². The summed E-state index contributed by atoms with van der Waals surface area (Å²) in [7, 11) is 0. The number of hydrogen-bond donors (Lipinski definition) is 1. The van der Waals surface area contributed by atoms with E-state index in [2.05, 4.69) is 48.8 Å². The number of ether oxygens (including phenoxy) is 1. The molecule has 21 heavy (non-hydrogen) atoms. The molecule has 0 spiro atoms. The molecule has 114 valence electrons. The van der Waals surface area contributed by atoms with Crippen molar-refractivity contribution >= 4 is 41.1 Å². The van der Waals surface area contributed by atoms with Crippen LogP contribution in [0.25, 0.3) is 0 Å². The van der Waals surface area contributed by atoms with E-state index in [4.69, 9.17) is 16.3 Å². The fraction of sp³-hybridized carbons (Fsp3) is 0.600. The van der Waals surface area contributed by atoms with E-state index in [0.717, 1.165) is 5.56 Å². The van der Waals surface area contributed by atoms with Gasteiger partial charge in [0.1, 0.15) is 10.8 Å². The summed E-state index contributed by atoms with van der Waals surface area (Å²) < 4.78 is 5.62. The van der Waals surface area contributed by atoms with Crippen molar-refractivity contribution in [1.82, 2.24) is 4.98 Å². The Morgan fingerprint density at radius 2 is 1.76 bits per heavy atom. The number of carbonyl (C=O) groups excluding carboxylic acids is 1. The number of pyridine rings is 1. The molecule has 1 rings (SSSR count). The van der Waals surface area contributed by atoms with Crippen molar-refractivity contribution in [3.05, 3.63) is 23.0 Å². The van der Waals surface area contributed by atoms with Gasteiger partial charge in [-0.3, -0.25) is 5.32 Å². The summed E-state index contributed by atoms with van der Waals surface area (Å²) >= 11 is 8.01. The average Bonchev–Trinajstić information content (AvgIpc) is 2.19. The zero-order valence-corrected chi connectivity index (χ0v) is 15.1. The quantitative estimate of drug-likeness (QED) is 0.601. The van der Waals surface area contributed by atoms with E-state index in [0.29, 0.717) is 14.9 Å². The molecule has 0 saturated heterocycles. The van der Waals surface area contributed by atoms with E-state index in [9.17, 15) is 4.79 Å². The van der Waals surface area contributed by atoms with Crippen LogP contribution >= 0.6 is 11.6 Å². The molecule has 1 N–H and O–H groups in total. The molecule has 0 radical (unpaired) electrons. The van der Waals surface area contributed by atoms with E-state index in [1.165, 1.54) is 6.20 Å². The van der Waals surface area contributed by atoms with Gasteiger partial charge in [-0.1, -0.05) is 11.6 Å². The molecule has 0 atom stereocenters. The number of hydrogen-bond acceptors (Lipinski definition) is 3. The fourth-order valence-electron chi connectivity index (χ4n) is 1.06. The molecule has 0 unspecified atom stereocenters. The van der Waals surface area contributed by atoms with Crippen molar-refractivity contribution in [2.45, 2.75) is 58.2 Å². The van der Waals surface area contributed by atoms with Gasteiger partial charge in [-0.25, -0.2) is 9.78 Å². The fourth-order valence-corrected chi connectivity index (χ4v) is 1.22. The number of nitrogens with one attached hydrogen (secondary N) is 1. The van der Waals surface area contributed by atoms with Crippen molar-refractivity contribution in [2.75, 3.05) is 5.32 Å². The summed E-state index contributed by atoms with van der Waals surface area (Å²) in [5.41, 5.74) is 0.804. The number of nitrogens with zero attached hydrogens (tertiary/aromatic N) is 1. The van der Waals surface area contributed by atoms with Gasteiger partial charge < -0.3 is 4.74 Å². The Balaban J connectivity index is 0.000000690. The summed E-state index contributed by atoms with van der Waals surface area (Å²) in [5, 5.41) is 2.99. The number of anilines is 1. The third kappa shape index (κ3) is 11.6. The summed E-state index contributed by atoms with van der Waals surface area (Å²) in [6.07, 6.45) is 1.03. The van der Waals surface area contributed by atoms with Crippen molar-refractivity contribution in [1.29, 1.82) is 0 Å². The molecule has 0 aliphatic carbocycles. The van der Waals surface area contributed by atoms with E-state index < -0.39 is 11.7 Å². The van der Waals surface area contributed by atoms with Crippen LogP contribution in [0, 0.1) is 6.92 Å². The maximum atomic E-state index is 11.5. The van der Waals surface area contributed by atoms with Gasteiger partial charge in [0, 0.05) is 11.8 Å². The molecule has 0 aliphatic rings. The predicted octanol–water partition coefficient (Wildman–Crippen LogP) is 4.76. The van der Waals surface area contributed by atoms with E-state index in [1.54, 1.807) is 33.8 Å². The average molecular weight is 307 g/mol. The van der Waals surface area contributed by atoms with Crippen molar-refractivity contribution in [3.63, 3.8) is 0 Å². The second kappa shape index (κ2) is 8.08. The first-order valence-electron chi connectivity index (χ1n) is 6.91. The topological polar surface area (TPSA) is 51.2 Å².